The Labute approximate surface area is 201 Å². The monoisotopic (exact) mass is 467 g/mol. The topological polar surface area (TPSA) is 112 Å². The Morgan fingerprint density at radius 2 is 1.85 bits per heavy atom. The van der Waals surface area contributed by atoms with Crippen LogP contribution in [0.4, 0.5) is 5.82 Å². The van der Waals surface area contributed by atoms with E-state index in [2.05, 4.69) is 58.5 Å². The number of carbonyl (C=O) groups excluding carboxylic acids is 2. The van der Waals surface area contributed by atoms with Crippen molar-refractivity contribution < 1.29 is 9.59 Å². The summed E-state index contributed by atoms with van der Waals surface area (Å²) in [6.07, 6.45) is 9.06. The van der Waals surface area contributed by atoms with Crippen LogP contribution in [0.2, 0.25) is 0 Å². The van der Waals surface area contributed by atoms with Gasteiger partial charge in [-0.25, -0.2) is 0 Å². The number of aromatic nitrogens is 2. The molecule has 184 valence electrons. The number of amides is 1. The Morgan fingerprint density at radius 1 is 1.15 bits per heavy atom. The Balaban J connectivity index is 0.000000305. The first kappa shape index (κ1) is 25.6. The van der Waals surface area contributed by atoms with Crippen LogP contribution < -0.4 is 16.2 Å². The van der Waals surface area contributed by atoms with Crippen LogP contribution >= 0.6 is 0 Å². The van der Waals surface area contributed by atoms with E-state index in [1.54, 1.807) is 6.07 Å². The first-order chi connectivity index (χ1) is 16.4. The highest BCUT2D eigenvalue weighted by molar-refractivity contribution is 5.70. The molecule has 1 amide bonds. The van der Waals surface area contributed by atoms with Gasteiger partial charge < -0.3 is 25.3 Å². The summed E-state index contributed by atoms with van der Waals surface area (Å²) in [7, 11) is 2.15. The Morgan fingerprint density at radius 3 is 2.41 bits per heavy atom. The van der Waals surface area contributed by atoms with Gasteiger partial charge in [0.1, 0.15) is 12.1 Å². The second-order valence-corrected chi connectivity index (χ2v) is 9.60. The molecule has 34 heavy (non-hydrogen) atoms. The number of hydrogen-bond acceptors (Lipinski definition) is 6. The first-order valence-corrected chi connectivity index (χ1v) is 12.1. The quantitative estimate of drug-likeness (QED) is 0.654. The standard InChI is InChI=1S/C20H26N4O.C5H8O.CH3NO/c1-13-11-21-18(15-4-5-15)10-17(13)16-8-19(22-20(25)9-16)24-7-6-23(3)12-14(24)2;6-4-3-5-1-2-5;2-1-3/h8-11,14-15H,4-7,12H2,1-3H3,(H,22,25);4-5H,1-3H2;1H,(H2,2,3). The van der Waals surface area contributed by atoms with Crippen molar-refractivity contribution in [2.75, 3.05) is 31.6 Å². The molecule has 3 aliphatic rings. The fourth-order valence-electron chi connectivity index (χ4n) is 4.28. The summed E-state index contributed by atoms with van der Waals surface area (Å²) < 4.78 is 0. The molecule has 1 aliphatic heterocycles. The van der Waals surface area contributed by atoms with Crippen molar-refractivity contribution in [1.82, 2.24) is 14.9 Å². The minimum absolute atomic E-state index is 0.0391. The minimum Gasteiger partial charge on any atom is -0.372 e. The van der Waals surface area contributed by atoms with Gasteiger partial charge in [0.25, 0.3) is 0 Å². The summed E-state index contributed by atoms with van der Waals surface area (Å²) in [6.45, 7) is 7.23. The van der Waals surface area contributed by atoms with Crippen molar-refractivity contribution in [2.24, 2.45) is 11.7 Å². The number of primary amides is 1. The number of H-pyrrole nitrogens is 1. The molecule has 0 radical (unpaired) electrons. The first-order valence-electron chi connectivity index (χ1n) is 12.1. The maximum Gasteiger partial charge on any atom is 0.250 e. The lowest BCUT2D eigenvalue weighted by molar-refractivity contribution is -0.108. The van der Waals surface area contributed by atoms with E-state index in [0.29, 0.717) is 12.0 Å². The molecule has 0 bridgehead atoms. The number of aryl methyl sites for hydroxylation is 1. The summed E-state index contributed by atoms with van der Waals surface area (Å²) >= 11 is 0. The van der Waals surface area contributed by atoms with Gasteiger partial charge in [0.15, 0.2) is 0 Å². The zero-order valence-electron chi connectivity index (χ0n) is 20.5. The van der Waals surface area contributed by atoms with Crippen LogP contribution in [-0.2, 0) is 9.59 Å². The lowest BCUT2D eigenvalue weighted by Crippen LogP contribution is -2.51. The van der Waals surface area contributed by atoms with Gasteiger partial charge in [-0.2, -0.15) is 0 Å². The van der Waals surface area contributed by atoms with Gasteiger partial charge in [0, 0.05) is 56.0 Å². The smallest absolute Gasteiger partial charge is 0.250 e. The molecule has 0 aromatic carbocycles. The predicted octanol–water partition coefficient (Wildman–Crippen LogP) is 2.85. The van der Waals surface area contributed by atoms with Crippen molar-refractivity contribution in [3.63, 3.8) is 0 Å². The number of rotatable bonds is 5. The van der Waals surface area contributed by atoms with Crippen molar-refractivity contribution >= 4 is 18.5 Å². The zero-order chi connectivity index (χ0) is 24.7. The highest BCUT2D eigenvalue weighted by Gasteiger charge is 2.26. The van der Waals surface area contributed by atoms with Crippen LogP contribution in [0.5, 0.6) is 0 Å². The Bertz CT molecular complexity index is 1030. The van der Waals surface area contributed by atoms with E-state index < -0.39 is 0 Å². The van der Waals surface area contributed by atoms with Gasteiger partial charge >= 0.3 is 0 Å². The van der Waals surface area contributed by atoms with Gasteiger partial charge in [0.05, 0.1) is 0 Å². The molecule has 1 saturated heterocycles. The second-order valence-electron chi connectivity index (χ2n) is 9.60. The number of nitrogens with zero attached hydrogens (tertiary/aromatic N) is 3. The fourth-order valence-corrected chi connectivity index (χ4v) is 4.28. The summed E-state index contributed by atoms with van der Waals surface area (Å²) in [5, 5.41) is 0. The number of aromatic amines is 1. The SMILES string of the molecule is Cc1cnc(C2CC2)cc1-c1cc(N2CCN(C)CC2C)[nH]c(=O)c1.NC=O.O=CCC1CC1. The number of pyridine rings is 2. The van der Waals surface area contributed by atoms with Crippen molar-refractivity contribution in [2.45, 2.75) is 57.9 Å². The van der Waals surface area contributed by atoms with E-state index in [-0.39, 0.29) is 12.0 Å². The number of likely N-dealkylation sites (N-methyl/N-ethyl adjacent to an activating group) is 1. The summed E-state index contributed by atoms with van der Waals surface area (Å²) in [4.78, 5) is 42.8. The lowest BCUT2D eigenvalue weighted by Gasteiger charge is -2.39. The molecule has 1 unspecified atom stereocenters. The zero-order valence-corrected chi connectivity index (χ0v) is 20.5. The molecule has 1 atom stereocenters. The maximum atomic E-state index is 12.3. The average molecular weight is 468 g/mol. The van der Waals surface area contributed by atoms with Gasteiger partial charge in [-0.3, -0.25) is 14.6 Å². The van der Waals surface area contributed by atoms with Crippen LogP contribution in [0, 0.1) is 12.8 Å². The highest BCUT2D eigenvalue weighted by atomic mass is 16.1. The maximum absolute atomic E-state index is 12.3. The number of aldehydes is 1. The van der Waals surface area contributed by atoms with Crippen LogP contribution in [0.1, 0.15) is 56.2 Å². The van der Waals surface area contributed by atoms with Crippen molar-refractivity contribution in [1.29, 1.82) is 0 Å². The Hall–Kier alpha value is -3.00. The number of nitrogens with one attached hydrogen (secondary N) is 1. The molecule has 2 aliphatic carbocycles. The molecule has 0 spiro atoms. The molecule has 3 N–H and O–H groups in total. The molecule has 8 heteroatoms. The molecule has 2 aromatic rings. The van der Waals surface area contributed by atoms with Crippen LogP contribution in [0.3, 0.4) is 0 Å². The van der Waals surface area contributed by atoms with E-state index in [4.69, 9.17) is 4.79 Å². The van der Waals surface area contributed by atoms with Crippen molar-refractivity contribution in [3.8, 4) is 11.1 Å². The van der Waals surface area contributed by atoms with Gasteiger partial charge in [-0.15, -0.1) is 0 Å². The van der Waals surface area contributed by atoms with E-state index in [1.165, 1.54) is 25.7 Å². The van der Waals surface area contributed by atoms with Gasteiger partial charge in [-0.1, -0.05) is 0 Å². The molecule has 5 rings (SSSR count). The number of hydrogen-bond donors (Lipinski definition) is 2. The van der Waals surface area contributed by atoms with E-state index in [9.17, 15) is 9.59 Å². The number of nitrogens with two attached hydrogens (primary N) is 1. The highest BCUT2D eigenvalue weighted by Crippen LogP contribution is 2.40. The molecule has 8 nitrogen and oxygen atoms in total. The molecular formula is C26H37N5O3. The summed E-state index contributed by atoms with van der Waals surface area (Å²) in [6, 6.07) is 6.40. The summed E-state index contributed by atoms with van der Waals surface area (Å²) in [5.74, 6) is 2.31. The third kappa shape index (κ3) is 7.25. The normalized spacial score (nSPS) is 19.9. The van der Waals surface area contributed by atoms with E-state index in [1.807, 2.05) is 6.20 Å². The van der Waals surface area contributed by atoms with E-state index in [0.717, 1.165) is 66.5 Å². The van der Waals surface area contributed by atoms with E-state index >= 15 is 0 Å². The van der Waals surface area contributed by atoms with Crippen LogP contribution in [0.25, 0.3) is 11.1 Å². The van der Waals surface area contributed by atoms with Crippen LogP contribution in [-0.4, -0.2) is 60.3 Å². The minimum atomic E-state index is -0.0391. The number of carbonyl (C=O) groups is 2. The predicted molar refractivity (Wildman–Crippen MR) is 135 cm³/mol. The molecule has 2 saturated carbocycles. The molecule has 3 fully saturated rings. The average Bonchev–Trinajstić information content (AvgIpc) is 3.70. The number of piperazine rings is 1. The number of anilines is 1. The molecule has 3 heterocycles. The lowest BCUT2D eigenvalue weighted by atomic mass is 10.0. The second kappa shape index (κ2) is 11.9. The third-order valence-electron chi connectivity index (χ3n) is 6.53. The largest absolute Gasteiger partial charge is 0.372 e. The van der Waals surface area contributed by atoms with Gasteiger partial charge in [-0.05, 0) is 81.3 Å². The Kier molecular flexibility index (Phi) is 8.98. The summed E-state index contributed by atoms with van der Waals surface area (Å²) in [5.41, 5.74) is 8.53. The molecule has 2 aromatic heterocycles. The molecular weight excluding hydrogens is 430 g/mol. The van der Waals surface area contributed by atoms with Crippen molar-refractivity contribution in [3.05, 3.63) is 46.0 Å². The fraction of sp³-hybridized carbons (Fsp3) is 0.538. The third-order valence-corrected chi connectivity index (χ3v) is 6.53. The van der Waals surface area contributed by atoms with Gasteiger partial charge in [0.2, 0.25) is 12.0 Å². The van der Waals surface area contributed by atoms with Crippen LogP contribution in [0.15, 0.2) is 29.2 Å².